The van der Waals surface area contributed by atoms with Gasteiger partial charge in [-0.15, -0.1) is 0 Å². The molecule has 15 heavy (non-hydrogen) atoms. The van der Waals surface area contributed by atoms with E-state index in [4.69, 9.17) is 0 Å². The second-order valence-electron chi connectivity index (χ2n) is 3.50. The molecule has 0 saturated heterocycles. The maximum Gasteiger partial charge on any atom is 0.130 e. The Labute approximate surface area is 89.0 Å². The van der Waals surface area contributed by atoms with Crippen LogP contribution in [0.2, 0.25) is 0 Å². The topological polar surface area (TPSA) is 42.7 Å². The monoisotopic (exact) mass is 202 g/mol. The van der Waals surface area contributed by atoms with E-state index in [-0.39, 0.29) is 0 Å². The lowest BCUT2D eigenvalue weighted by atomic mass is 10.2. The standard InChI is InChI=1S/C11H14N4/c1-8-13-10(6-11(12-2)14-8)9-4-5-15(3)7-9/h4-7H,1-3H3,(H,12,13,14). The first kappa shape index (κ1) is 9.71. The van der Waals surface area contributed by atoms with Crippen molar-refractivity contribution < 1.29 is 0 Å². The molecule has 2 rings (SSSR count). The van der Waals surface area contributed by atoms with Crippen LogP contribution in [0.5, 0.6) is 0 Å². The first-order valence-electron chi connectivity index (χ1n) is 4.85. The summed E-state index contributed by atoms with van der Waals surface area (Å²) in [4.78, 5) is 8.66. The van der Waals surface area contributed by atoms with E-state index in [1.807, 2.05) is 50.1 Å². The molecule has 0 unspecified atom stereocenters. The van der Waals surface area contributed by atoms with Crippen LogP contribution in [-0.4, -0.2) is 21.6 Å². The molecule has 0 saturated carbocycles. The van der Waals surface area contributed by atoms with E-state index in [9.17, 15) is 0 Å². The van der Waals surface area contributed by atoms with E-state index in [2.05, 4.69) is 15.3 Å². The highest BCUT2D eigenvalue weighted by molar-refractivity contribution is 5.61. The third kappa shape index (κ3) is 1.98. The van der Waals surface area contributed by atoms with Gasteiger partial charge in [0.2, 0.25) is 0 Å². The van der Waals surface area contributed by atoms with Crippen LogP contribution in [0, 0.1) is 6.92 Å². The van der Waals surface area contributed by atoms with Gasteiger partial charge in [-0.05, 0) is 13.0 Å². The minimum Gasteiger partial charge on any atom is -0.373 e. The number of aromatic nitrogens is 3. The smallest absolute Gasteiger partial charge is 0.130 e. The van der Waals surface area contributed by atoms with Crippen LogP contribution >= 0.6 is 0 Å². The fourth-order valence-electron chi connectivity index (χ4n) is 1.50. The summed E-state index contributed by atoms with van der Waals surface area (Å²) in [6, 6.07) is 3.99. The molecule has 2 aromatic heterocycles. The highest BCUT2D eigenvalue weighted by atomic mass is 15.0. The highest BCUT2D eigenvalue weighted by Crippen LogP contribution is 2.19. The molecular formula is C11H14N4. The third-order valence-corrected chi connectivity index (χ3v) is 2.22. The van der Waals surface area contributed by atoms with Crippen molar-refractivity contribution in [2.24, 2.45) is 7.05 Å². The van der Waals surface area contributed by atoms with Gasteiger partial charge in [0.05, 0.1) is 5.69 Å². The van der Waals surface area contributed by atoms with E-state index in [1.165, 1.54) is 0 Å². The SMILES string of the molecule is CNc1cc(-c2ccn(C)c2)nc(C)n1. The number of hydrogen-bond acceptors (Lipinski definition) is 3. The van der Waals surface area contributed by atoms with Crippen molar-refractivity contribution >= 4 is 5.82 Å². The Morgan fingerprint density at radius 1 is 1.33 bits per heavy atom. The van der Waals surface area contributed by atoms with E-state index in [0.717, 1.165) is 22.9 Å². The zero-order valence-corrected chi connectivity index (χ0v) is 9.15. The largest absolute Gasteiger partial charge is 0.373 e. The zero-order valence-electron chi connectivity index (χ0n) is 9.15. The molecule has 0 aliphatic carbocycles. The van der Waals surface area contributed by atoms with E-state index in [0.29, 0.717) is 0 Å². The summed E-state index contributed by atoms with van der Waals surface area (Å²) >= 11 is 0. The summed E-state index contributed by atoms with van der Waals surface area (Å²) in [7, 11) is 3.85. The Morgan fingerprint density at radius 2 is 2.13 bits per heavy atom. The molecule has 78 valence electrons. The van der Waals surface area contributed by atoms with Crippen LogP contribution < -0.4 is 5.32 Å². The van der Waals surface area contributed by atoms with Gasteiger partial charge in [-0.25, -0.2) is 9.97 Å². The Hall–Kier alpha value is -1.84. The molecule has 0 amide bonds. The number of rotatable bonds is 2. The minimum absolute atomic E-state index is 0.778. The Balaban J connectivity index is 2.48. The van der Waals surface area contributed by atoms with E-state index in [1.54, 1.807) is 0 Å². The van der Waals surface area contributed by atoms with Gasteiger partial charge in [0.1, 0.15) is 11.6 Å². The Kier molecular flexibility index (Phi) is 2.41. The third-order valence-electron chi connectivity index (χ3n) is 2.22. The van der Waals surface area contributed by atoms with Crippen LogP contribution in [0.1, 0.15) is 5.82 Å². The Morgan fingerprint density at radius 3 is 2.73 bits per heavy atom. The van der Waals surface area contributed by atoms with Gasteiger partial charge in [-0.3, -0.25) is 0 Å². The molecule has 2 heterocycles. The van der Waals surface area contributed by atoms with Crippen LogP contribution in [0.4, 0.5) is 5.82 Å². The normalized spacial score (nSPS) is 10.3. The fraction of sp³-hybridized carbons (Fsp3) is 0.273. The molecule has 0 bridgehead atoms. The van der Waals surface area contributed by atoms with Gasteiger partial charge in [0.25, 0.3) is 0 Å². The second-order valence-corrected chi connectivity index (χ2v) is 3.50. The number of anilines is 1. The minimum atomic E-state index is 0.778. The molecule has 0 aromatic carbocycles. The van der Waals surface area contributed by atoms with Crippen LogP contribution in [-0.2, 0) is 7.05 Å². The van der Waals surface area contributed by atoms with Crippen molar-refractivity contribution in [2.45, 2.75) is 6.92 Å². The average molecular weight is 202 g/mol. The fourth-order valence-corrected chi connectivity index (χ4v) is 1.50. The first-order valence-corrected chi connectivity index (χ1v) is 4.85. The van der Waals surface area contributed by atoms with E-state index >= 15 is 0 Å². The number of aryl methyl sites for hydroxylation is 2. The highest BCUT2D eigenvalue weighted by Gasteiger charge is 2.04. The average Bonchev–Trinajstić information content (AvgIpc) is 2.64. The van der Waals surface area contributed by atoms with Crippen molar-refractivity contribution in [3.05, 3.63) is 30.4 Å². The van der Waals surface area contributed by atoms with Gasteiger partial charge in [0, 0.05) is 38.1 Å². The quantitative estimate of drug-likeness (QED) is 0.808. The van der Waals surface area contributed by atoms with Crippen molar-refractivity contribution in [1.29, 1.82) is 0 Å². The van der Waals surface area contributed by atoms with Gasteiger partial charge in [0.15, 0.2) is 0 Å². The number of hydrogen-bond donors (Lipinski definition) is 1. The summed E-state index contributed by atoms with van der Waals surface area (Å²) in [6.07, 6.45) is 4.05. The van der Waals surface area contributed by atoms with Crippen molar-refractivity contribution in [3.8, 4) is 11.3 Å². The van der Waals surface area contributed by atoms with Crippen molar-refractivity contribution in [2.75, 3.05) is 12.4 Å². The number of nitrogens with zero attached hydrogens (tertiary/aromatic N) is 3. The Bertz CT molecular complexity index is 473. The summed E-state index contributed by atoms with van der Waals surface area (Å²) in [6.45, 7) is 1.90. The molecule has 0 aliphatic heterocycles. The number of nitrogens with one attached hydrogen (secondary N) is 1. The first-order chi connectivity index (χ1) is 7.19. The molecule has 0 aliphatic rings. The lowest BCUT2D eigenvalue weighted by molar-refractivity contribution is 0.928. The van der Waals surface area contributed by atoms with Crippen LogP contribution in [0.25, 0.3) is 11.3 Å². The molecule has 1 N–H and O–H groups in total. The maximum atomic E-state index is 4.40. The molecule has 0 radical (unpaired) electrons. The second kappa shape index (κ2) is 3.73. The van der Waals surface area contributed by atoms with Gasteiger partial charge >= 0.3 is 0 Å². The van der Waals surface area contributed by atoms with E-state index < -0.39 is 0 Å². The lowest BCUT2D eigenvalue weighted by Gasteiger charge is -2.03. The van der Waals surface area contributed by atoms with Gasteiger partial charge < -0.3 is 9.88 Å². The van der Waals surface area contributed by atoms with Gasteiger partial charge in [-0.2, -0.15) is 0 Å². The molecule has 0 spiro atoms. The van der Waals surface area contributed by atoms with Crippen molar-refractivity contribution in [3.63, 3.8) is 0 Å². The predicted molar refractivity (Wildman–Crippen MR) is 60.7 cm³/mol. The maximum absolute atomic E-state index is 4.40. The molecular weight excluding hydrogens is 188 g/mol. The van der Waals surface area contributed by atoms with Gasteiger partial charge in [-0.1, -0.05) is 0 Å². The molecule has 2 aromatic rings. The molecule has 0 atom stereocenters. The summed E-state index contributed by atoms with van der Waals surface area (Å²) in [5, 5.41) is 3.03. The molecule has 4 nitrogen and oxygen atoms in total. The lowest BCUT2D eigenvalue weighted by Crippen LogP contribution is -1.97. The summed E-state index contributed by atoms with van der Waals surface area (Å²) in [5.74, 6) is 1.63. The molecule has 0 fully saturated rings. The van der Waals surface area contributed by atoms with Crippen LogP contribution in [0.15, 0.2) is 24.5 Å². The summed E-state index contributed by atoms with van der Waals surface area (Å²) < 4.78 is 2.01. The summed E-state index contributed by atoms with van der Waals surface area (Å²) in [5.41, 5.74) is 2.06. The molecule has 4 heteroatoms. The zero-order chi connectivity index (χ0) is 10.8. The van der Waals surface area contributed by atoms with Crippen LogP contribution in [0.3, 0.4) is 0 Å². The predicted octanol–water partition coefficient (Wildman–Crippen LogP) is 1.83. The van der Waals surface area contributed by atoms with Crippen molar-refractivity contribution in [1.82, 2.24) is 14.5 Å².